The number of nitrogens with zero attached hydrogens (tertiary/aromatic N) is 2. The number of hydrogen-bond donors (Lipinski definition) is 0. The van der Waals surface area contributed by atoms with Crippen molar-refractivity contribution in [1.82, 2.24) is 9.78 Å². The fourth-order valence-corrected chi connectivity index (χ4v) is 2.78. The summed E-state index contributed by atoms with van der Waals surface area (Å²) in [6.45, 7) is 2.81. The average molecular weight is 311 g/mol. The third-order valence-electron chi connectivity index (χ3n) is 2.26. The number of aromatic nitrogens is 2. The van der Waals surface area contributed by atoms with E-state index in [1.54, 1.807) is 18.3 Å². The second-order valence-corrected chi connectivity index (χ2v) is 5.23. The van der Waals surface area contributed by atoms with Crippen LogP contribution in [0.5, 0.6) is 0 Å². The van der Waals surface area contributed by atoms with Gasteiger partial charge in [0.15, 0.2) is 5.78 Å². The van der Waals surface area contributed by atoms with Gasteiger partial charge in [-0.15, -0.1) is 11.3 Å². The van der Waals surface area contributed by atoms with E-state index in [0.29, 0.717) is 0 Å². The van der Waals surface area contributed by atoms with E-state index in [4.69, 9.17) is 0 Å². The van der Waals surface area contributed by atoms with Gasteiger partial charge >= 0.3 is 0 Å². The van der Waals surface area contributed by atoms with Crippen LogP contribution in [0.25, 0.3) is 6.08 Å². The number of allylic oxidation sites excluding steroid dienone is 1. The topological polar surface area (TPSA) is 34.9 Å². The molecule has 3 nitrogen and oxygen atoms in total. The van der Waals surface area contributed by atoms with Gasteiger partial charge in [-0.3, -0.25) is 9.48 Å². The highest BCUT2D eigenvalue weighted by Gasteiger charge is 2.05. The molecule has 0 atom stereocenters. The molecule has 0 amide bonds. The minimum absolute atomic E-state index is 0.0181. The van der Waals surface area contributed by atoms with Crippen molar-refractivity contribution in [3.05, 3.63) is 44.8 Å². The molecule has 88 valence electrons. The Labute approximate surface area is 112 Å². The number of carbonyl (C=O) groups is 1. The predicted molar refractivity (Wildman–Crippen MR) is 73.3 cm³/mol. The second-order valence-electron chi connectivity index (χ2n) is 3.40. The number of hydrogen-bond acceptors (Lipinski definition) is 3. The molecule has 0 aromatic carbocycles. The molecule has 2 heterocycles. The van der Waals surface area contributed by atoms with E-state index in [1.807, 2.05) is 29.1 Å². The van der Waals surface area contributed by atoms with E-state index in [1.165, 1.54) is 11.3 Å². The Hall–Kier alpha value is -1.20. The lowest BCUT2D eigenvalue weighted by atomic mass is 10.2. The average Bonchev–Trinajstić information content (AvgIpc) is 2.94. The predicted octanol–water partition coefficient (Wildman–Crippen LogP) is 3.62. The van der Waals surface area contributed by atoms with Gasteiger partial charge < -0.3 is 0 Å². The molecule has 2 aromatic rings. The van der Waals surface area contributed by atoms with E-state index in [9.17, 15) is 4.79 Å². The molecule has 0 aliphatic heterocycles. The van der Waals surface area contributed by atoms with Crippen molar-refractivity contribution in [2.75, 3.05) is 0 Å². The molecule has 0 N–H and O–H groups in total. The van der Waals surface area contributed by atoms with Crippen molar-refractivity contribution in [1.29, 1.82) is 0 Å². The van der Waals surface area contributed by atoms with Crippen molar-refractivity contribution in [3.8, 4) is 0 Å². The first-order valence-corrected chi connectivity index (χ1v) is 6.86. The molecule has 0 saturated heterocycles. The molecular weight excluding hydrogens is 300 g/mol. The molecule has 0 fully saturated rings. The highest BCUT2D eigenvalue weighted by molar-refractivity contribution is 9.10. The quantitative estimate of drug-likeness (QED) is 0.638. The molecule has 0 radical (unpaired) electrons. The maximum Gasteiger partial charge on any atom is 0.195 e. The van der Waals surface area contributed by atoms with Crippen LogP contribution in [0.1, 0.15) is 22.3 Å². The van der Waals surface area contributed by atoms with Gasteiger partial charge in [-0.05, 0) is 47.1 Å². The van der Waals surface area contributed by atoms with Crippen LogP contribution in [0, 0.1) is 0 Å². The Morgan fingerprint density at radius 3 is 3.12 bits per heavy atom. The molecule has 0 aliphatic carbocycles. The van der Waals surface area contributed by atoms with Crippen LogP contribution in [0.3, 0.4) is 0 Å². The normalized spacial score (nSPS) is 11.2. The van der Waals surface area contributed by atoms with Crippen molar-refractivity contribution >= 4 is 39.1 Å². The molecule has 5 heteroatoms. The molecule has 2 rings (SSSR count). The zero-order chi connectivity index (χ0) is 12.3. The summed E-state index contributed by atoms with van der Waals surface area (Å²) in [6.07, 6.45) is 5.11. The van der Waals surface area contributed by atoms with E-state index in [0.717, 1.165) is 21.6 Å². The van der Waals surface area contributed by atoms with Crippen LogP contribution in [-0.4, -0.2) is 15.6 Å². The third kappa shape index (κ3) is 2.92. The maximum atomic E-state index is 11.8. The van der Waals surface area contributed by atoms with E-state index in [2.05, 4.69) is 21.0 Å². The van der Waals surface area contributed by atoms with Gasteiger partial charge in [0.2, 0.25) is 0 Å². The first-order valence-electron chi connectivity index (χ1n) is 5.19. The minimum atomic E-state index is 0.0181. The van der Waals surface area contributed by atoms with Crippen LogP contribution >= 0.6 is 27.3 Å². The summed E-state index contributed by atoms with van der Waals surface area (Å²) in [6, 6.07) is 3.71. The van der Waals surface area contributed by atoms with Gasteiger partial charge in [0.05, 0.1) is 10.6 Å². The number of rotatable bonds is 4. The number of thiophene rings is 1. The van der Waals surface area contributed by atoms with Crippen molar-refractivity contribution < 1.29 is 4.79 Å². The zero-order valence-electron chi connectivity index (χ0n) is 9.26. The standard InChI is InChI=1S/C12H11BrN2OS/c1-2-15-10(5-6-14-15)3-4-11(16)12-7-9(13)8-17-12/h3-8H,2H2,1H3/b4-3+. The van der Waals surface area contributed by atoms with E-state index >= 15 is 0 Å². The lowest BCUT2D eigenvalue weighted by Crippen LogP contribution is -1.98. The maximum absolute atomic E-state index is 11.8. The van der Waals surface area contributed by atoms with Gasteiger partial charge in [0, 0.05) is 22.6 Å². The van der Waals surface area contributed by atoms with Crippen LogP contribution in [0.15, 0.2) is 34.3 Å². The summed E-state index contributed by atoms with van der Waals surface area (Å²) in [5.41, 5.74) is 0.941. The van der Waals surface area contributed by atoms with Crippen LogP contribution < -0.4 is 0 Å². The fraction of sp³-hybridized carbons (Fsp3) is 0.167. The first-order chi connectivity index (χ1) is 8.20. The van der Waals surface area contributed by atoms with E-state index in [-0.39, 0.29) is 5.78 Å². The Balaban J connectivity index is 2.13. The molecule has 0 spiro atoms. The fourth-order valence-electron chi connectivity index (χ4n) is 1.43. The van der Waals surface area contributed by atoms with Gasteiger partial charge in [-0.1, -0.05) is 0 Å². The van der Waals surface area contributed by atoms with Gasteiger partial charge in [-0.25, -0.2) is 0 Å². The highest BCUT2D eigenvalue weighted by atomic mass is 79.9. The van der Waals surface area contributed by atoms with Crippen molar-refractivity contribution in [2.45, 2.75) is 13.5 Å². The number of aryl methyl sites for hydroxylation is 1. The summed E-state index contributed by atoms with van der Waals surface area (Å²) in [4.78, 5) is 12.6. The monoisotopic (exact) mass is 310 g/mol. The summed E-state index contributed by atoms with van der Waals surface area (Å²) < 4.78 is 2.78. The SMILES string of the molecule is CCn1nccc1/C=C/C(=O)c1cc(Br)cs1. The molecule has 0 saturated carbocycles. The van der Waals surface area contributed by atoms with E-state index < -0.39 is 0 Å². The Bertz CT molecular complexity index is 556. The molecule has 2 aromatic heterocycles. The molecule has 0 bridgehead atoms. The smallest absolute Gasteiger partial charge is 0.195 e. The second kappa shape index (κ2) is 5.42. The van der Waals surface area contributed by atoms with Crippen LogP contribution in [-0.2, 0) is 6.54 Å². The van der Waals surface area contributed by atoms with Gasteiger partial charge in [0.25, 0.3) is 0 Å². The number of ketones is 1. The number of carbonyl (C=O) groups excluding carboxylic acids is 1. The first kappa shape index (κ1) is 12.3. The summed E-state index contributed by atoms with van der Waals surface area (Å²) in [7, 11) is 0. The summed E-state index contributed by atoms with van der Waals surface area (Å²) in [5.74, 6) is 0.0181. The molecule has 0 unspecified atom stereocenters. The Morgan fingerprint density at radius 2 is 2.47 bits per heavy atom. The van der Waals surface area contributed by atoms with Crippen LogP contribution in [0.2, 0.25) is 0 Å². The molecule has 0 aliphatic rings. The highest BCUT2D eigenvalue weighted by Crippen LogP contribution is 2.20. The number of halogens is 1. The largest absolute Gasteiger partial charge is 0.288 e. The summed E-state index contributed by atoms with van der Waals surface area (Å²) >= 11 is 4.77. The minimum Gasteiger partial charge on any atom is -0.288 e. The van der Waals surface area contributed by atoms with Crippen molar-refractivity contribution in [2.24, 2.45) is 0 Å². The lowest BCUT2D eigenvalue weighted by molar-refractivity contribution is 0.105. The van der Waals surface area contributed by atoms with Crippen LogP contribution in [0.4, 0.5) is 0 Å². The van der Waals surface area contributed by atoms with Gasteiger partial charge in [-0.2, -0.15) is 5.10 Å². The Kier molecular flexibility index (Phi) is 3.91. The third-order valence-corrected chi connectivity index (χ3v) is 3.97. The molecule has 17 heavy (non-hydrogen) atoms. The summed E-state index contributed by atoms with van der Waals surface area (Å²) in [5, 5.41) is 6.04. The van der Waals surface area contributed by atoms with Gasteiger partial charge in [0.1, 0.15) is 0 Å². The molecular formula is C12H11BrN2OS. The lowest BCUT2D eigenvalue weighted by Gasteiger charge is -1.97. The Morgan fingerprint density at radius 1 is 1.65 bits per heavy atom. The zero-order valence-corrected chi connectivity index (χ0v) is 11.7. The van der Waals surface area contributed by atoms with Crippen molar-refractivity contribution in [3.63, 3.8) is 0 Å².